The molecule has 0 fully saturated rings. The minimum atomic E-state index is -0.516. The first-order valence-corrected chi connectivity index (χ1v) is 4.48. The molecule has 2 rings (SSSR count). The van der Waals surface area contributed by atoms with Gasteiger partial charge in [-0.2, -0.15) is 9.78 Å². The van der Waals surface area contributed by atoms with Crippen molar-refractivity contribution in [2.45, 2.75) is 0 Å². The molecule has 1 aromatic carbocycles. The summed E-state index contributed by atoms with van der Waals surface area (Å²) in [4.78, 5) is 21.5. The van der Waals surface area contributed by atoms with Crippen LogP contribution in [0.25, 0.3) is 5.69 Å². The number of benzene rings is 1. The van der Waals surface area contributed by atoms with Gasteiger partial charge in [0.25, 0.3) is 11.2 Å². The van der Waals surface area contributed by atoms with Crippen molar-refractivity contribution in [1.29, 1.82) is 0 Å². The van der Waals surface area contributed by atoms with Crippen molar-refractivity contribution in [2.24, 2.45) is 0 Å². The first kappa shape index (κ1) is 10.0. The Balaban J connectivity index is 2.57. The first-order valence-electron chi connectivity index (χ1n) is 4.48. The van der Waals surface area contributed by atoms with E-state index < -0.39 is 4.92 Å². The lowest BCUT2D eigenvalue weighted by molar-refractivity contribution is -0.384. The van der Waals surface area contributed by atoms with E-state index in [-0.39, 0.29) is 11.2 Å². The lowest BCUT2D eigenvalue weighted by Gasteiger charge is -2.02. The Morgan fingerprint density at radius 1 is 1.25 bits per heavy atom. The van der Waals surface area contributed by atoms with Gasteiger partial charge in [0.1, 0.15) is 0 Å². The van der Waals surface area contributed by atoms with Gasteiger partial charge >= 0.3 is 0 Å². The number of nitro benzene ring substituents is 1. The van der Waals surface area contributed by atoms with Crippen LogP contribution in [0.15, 0.2) is 47.4 Å². The van der Waals surface area contributed by atoms with Crippen LogP contribution in [0.4, 0.5) is 5.69 Å². The molecular formula is C10H7N3O3. The molecule has 0 N–H and O–H groups in total. The fourth-order valence-corrected chi connectivity index (χ4v) is 1.29. The minimum Gasteiger partial charge on any atom is -0.267 e. The molecule has 0 aliphatic carbocycles. The lowest BCUT2D eigenvalue weighted by atomic mass is 10.3. The molecule has 0 bridgehead atoms. The van der Waals surface area contributed by atoms with Gasteiger partial charge in [0.15, 0.2) is 0 Å². The number of aromatic nitrogens is 2. The number of nitro groups is 1. The van der Waals surface area contributed by atoms with Crippen molar-refractivity contribution in [2.75, 3.05) is 0 Å². The van der Waals surface area contributed by atoms with E-state index in [2.05, 4.69) is 5.10 Å². The highest BCUT2D eigenvalue weighted by Crippen LogP contribution is 2.14. The molecule has 6 nitrogen and oxygen atoms in total. The highest BCUT2D eigenvalue weighted by Gasteiger charge is 2.07. The summed E-state index contributed by atoms with van der Waals surface area (Å²) < 4.78 is 1.10. The quantitative estimate of drug-likeness (QED) is 0.558. The summed E-state index contributed by atoms with van der Waals surface area (Å²) >= 11 is 0. The zero-order chi connectivity index (χ0) is 11.5. The van der Waals surface area contributed by atoms with E-state index in [1.807, 2.05) is 0 Å². The molecule has 0 saturated carbocycles. The van der Waals surface area contributed by atoms with Gasteiger partial charge in [0, 0.05) is 24.4 Å². The Kier molecular flexibility index (Phi) is 2.47. The van der Waals surface area contributed by atoms with E-state index in [1.54, 1.807) is 6.07 Å². The van der Waals surface area contributed by atoms with Crippen molar-refractivity contribution in [1.82, 2.24) is 9.78 Å². The molecule has 0 atom stereocenters. The van der Waals surface area contributed by atoms with Gasteiger partial charge in [-0.15, -0.1) is 0 Å². The smallest absolute Gasteiger partial charge is 0.267 e. The Morgan fingerprint density at radius 3 is 2.75 bits per heavy atom. The van der Waals surface area contributed by atoms with Gasteiger partial charge in [0.05, 0.1) is 10.6 Å². The summed E-state index contributed by atoms with van der Waals surface area (Å²) in [6, 6.07) is 8.60. The summed E-state index contributed by atoms with van der Waals surface area (Å²) in [5.74, 6) is 0. The van der Waals surface area contributed by atoms with Crippen LogP contribution in [0.1, 0.15) is 0 Å². The molecule has 16 heavy (non-hydrogen) atoms. The third kappa shape index (κ3) is 1.81. The van der Waals surface area contributed by atoms with Gasteiger partial charge < -0.3 is 0 Å². The topological polar surface area (TPSA) is 78.0 Å². The Morgan fingerprint density at radius 2 is 2.06 bits per heavy atom. The fraction of sp³-hybridized carbons (Fsp3) is 0. The first-order chi connectivity index (χ1) is 7.68. The molecule has 1 aromatic heterocycles. The second-order valence-corrected chi connectivity index (χ2v) is 3.05. The summed E-state index contributed by atoms with van der Waals surface area (Å²) in [5.41, 5.74) is -0.0298. The van der Waals surface area contributed by atoms with E-state index >= 15 is 0 Å². The van der Waals surface area contributed by atoms with E-state index in [0.29, 0.717) is 5.69 Å². The molecular weight excluding hydrogens is 210 g/mol. The van der Waals surface area contributed by atoms with Crippen molar-refractivity contribution in [3.63, 3.8) is 0 Å². The summed E-state index contributed by atoms with van der Waals surface area (Å²) in [6.07, 6.45) is 1.44. The van der Waals surface area contributed by atoms with E-state index in [4.69, 9.17) is 0 Å². The molecule has 80 valence electrons. The van der Waals surface area contributed by atoms with Crippen molar-refractivity contribution in [3.8, 4) is 5.69 Å². The SMILES string of the molecule is O=c1cccnn1-c1cccc([N+](=O)[O-])c1. The molecule has 0 aliphatic heterocycles. The number of nitrogens with zero attached hydrogens (tertiary/aromatic N) is 3. The highest BCUT2D eigenvalue weighted by atomic mass is 16.6. The van der Waals surface area contributed by atoms with Crippen LogP contribution in [-0.4, -0.2) is 14.7 Å². The molecule has 0 amide bonds. The number of rotatable bonds is 2. The second-order valence-electron chi connectivity index (χ2n) is 3.05. The van der Waals surface area contributed by atoms with Crippen molar-refractivity contribution in [3.05, 3.63) is 63.1 Å². The maximum absolute atomic E-state index is 11.4. The van der Waals surface area contributed by atoms with Gasteiger partial charge in [0.2, 0.25) is 0 Å². The summed E-state index contributed by atoms with van der Waals surface area (Å²) in [7, 11) is 0. The maximum atomic E-state index is 11.4. The zero-order valence-electron chi connectivity index (χ0n) is 8.11. The molecule has 2 aromatic rings. The molecule has 0 saturated heterocycles. The van der Waals surface area contributed by atoms with Gasteiger partial charge in [-0.1, -0.05) is 6.07 Å². The fourth-order valence-electron chi connectivity index (χ4n) is 1.29. The minimum absolute atomic E-state index is 0.0740. The van der Waals surface area contributed by atoms with Gasteiger partial charge in [-0.3, -0.25) is 14.9 Å². The highest BCUT2D eigenvalue weighted by molar-refractivity contribution is 5.42. The van der Waals surface area contributed by atoms with Gasteiger partial charge in [-0.25, -0.2) is 0 Å². The van der Waals surface area contributed by atoms with Gasteiger partial charge in [-0.05, 0) is 12.1 Å². The van der Waals surface area contributed by atoms with Crippen molar-refractivity contribution < 1.29 is 4.92 Å². The molecule has 0 spiro atoms. The third-order valence-corrected chi connectivity index (χ3v) is 2.00. The Bertz CT molecular complexity index is 592. The zero-order valence-corrected chi connectivity index (χ0v) is 8.11. The maximum Gasteiger partial charge on any atom is 0.271 e. The third-order valence-electron chi connectivity index (χ3n) is 2.00. The van der Waals surface area contributed by atoms with Crippen LogP contribution in [0.5, 0.6) is 0 Å². The van der Waals surface area contributed by atoms with Crippen LogP contribution in [-0.2, 0) is 0 Å². The van der Waals surface area contributed by atoms with Crippen LogP contribution < -0.4 is 5.56 Å². The van der Waals surface area contributed by atoms with Crippen LogP contribution in [0.2, 0.25) is 0 Å². The molecule has 6 heteroatoms. The summed E-state index contributed by atoms with van der Waals surface area (Å²) in [6.45, 7) is 0. The average Bonchev–Trinajstić information content (AvgIpc) is 2.30. The summed E-state index contributed by atoms with van der Waals surface area (Å²) in [5, 5.41) is 14.4. The molecule has 0 aliphatic rings. The Hall–Kier alpha value is -2.50. The largest absolute Gasteiger partial charge is 0.271 e. The monoisotopic (exact) mass is 217 g/mol. The van der Waals surface area contributed by atoms with Crippen LogP contribution in [0.3, 0.4) is 0 Å². The predicted molar refractivity (Wildman–Crippen MR) is 56.5 cm³/mol. The van der Waals surface area contributed by atoms with Crippen LogP contribution >= 0.6 is 0 Å². The number of non-ortho nitro benzene ring substituents is 1. The molecule has 0 unspecified atom stereocenters. The predicted octanol–water partition coefficient (Wildman–Crippen LogP) is 1.14. The van der Waals surface area contributed by atoms with Crippen LogP contribution in [0, 0.1) is 10.1 Å². The normalized spacial score (nSPS) is 10.0. The van der Waals surface area contributed by atoms with E-state index in [1.165, 1.54) is 36.5 Å². The second kappa shape index (κ2) is 3.93. The molecule has 0 radical (unpaired) electrons. The Labute approximate surface area is 89.9 Å². The number of hydrogen-bond donors (Lipinski definition) is 0. The average molecular weight is 217 g/mol. The van der Waals surface area contributed by atoms with E-state index in [0.717, 1.165) is 4.68 Å². The lowest BCUT2D eigenvalue weighted by Crippen LogP contribution is -2.19. The number of hydrogen-bond acceptors (Lipinski definition) is 4. The standard InChI is InChI=1S/C10H7N3O3/c14-10-5-2-6-11-12(10)8-3-1-4-9(7-8)13(15)16/h1-7H. The molecule has 1 heterocycles. The van der Waals surface area contributed by atoms with Crippen molar-refractivity contribution >= 4 is 5.69 Å². The van der Waals surface area contributed by atoms with E-state index in [9.17, 15) is 14.9 Å².